The van der Waals surface area contributed by atoms with Crippen molar-refractivity contribution in [3.8, 4) is 0 Å². The summed E-state index contributed by atoms with van der Waals surface area (Å²) in [6.07, 6.45) is 3.98. The van der Waals surface area contributed by atoms with Crippen molar-refractivity contribution < 1.29 is 9.59 Å². The molecule has 0 unspecified atom stereocenters. The fourth-order valence-corrected chi connectivity index (χ4v) is 5.37. The Balaban J connectivity index is 1.36. The Morgan fingerprint density at radius 3 is 2.82 bits per heavy atom. The molecule has 3 fully saturated rings. The molecule has 28 heavy (non-hydrogen) atoms. The number of nitrogens with zero attached hydrogens (tertiary/aromatic N) is 3. The minimum absolute atomic E-state index is 0.0509. The molecule has 0 saturated carbocycles. The van der Waals surface area contributed by atoms with Gasteiger partial charge >= 0.3 is 0 Å². The molecule has 4 heterocycles. The summed E-state index contributed by atoms with van der Waals surface area (Å²) < 4.78 is 0. The topological polar surface area (TPSA) is 86.4 Å². The zero-order valence-electron chi connectivity index (χ0n) is 15.8. The molecule has 2 aromatic rings. The summed E-state index contributed by atoms with van der Waals surface area (Å²) in [4.78, 5) is 41.3. The first-order chi connectivity index (χ1) is 13.6. The number of likely N-dealkylation sites (tertiary alicyclic amines) is 1. The summed E-state index contributed by atoms with van der Waals surface area (Å²) in [6, 6.07) is 7.56. The third-order valence-electron chi connectivity index (χ3n) is 6.63. The number of amides is 2. The maximum atomic E-state index is 13.1. The molecule has 3 atom stereocenters. The highest BCUT2D eigenvalue weighted by Crippen LogP contribution is 2.38. The second kappa shape index (κ2) is 6.72. The Labute approximate surface area is 162 Å². The van der Waals surface area contributed by atoms with Crippen LogP contribution in [-0.2, 0) is 16.0 Å². The van der Waals surface area contributed by atoms with E-state index in [4.69, 9.17) is 0 Å². The van der Waals surface area contributed by atoms with Gasteiger partial charge in [0.05, 0.1) is 17.5 Å². The van der Waals surface area contributed by atoms with Crippen LogP contribution in [0.4, 0.5) is 0 Å². The molecule has 0 aliphatic carbocycles. The van der Waals surface area contributed by atoms with E-state index in [0.29, 0.717) is 48.5 Å². The molecular weight excluding hydrogens is 356 g/mol. The number of aromatic nitrogens is 2. The Morgan fingerprint density at radius 1 is 1.14 bits per heavy atom. The van der Waals surface area contributed by atoms with Crippen molar-refractivity contribution in [2.45, 2.75) is 38.1 Å². The monoisotopic (exact) mass is 380 g/mol. The maximum absolute atomic E-state index is 13.1. The number of fused-ring (bicyclic) bond motifs is 5. The second-order valence-corrected chi connectivity index (χ2v) is 8.39. The van der Waals surface area contributed by atoms with Gasteiger partial charge in [-0.15, -0.1) is 0 Å². The highest BCUT2D eigenvalue weighted by atomic mass is 16.2. The second-order valence-electron chi connectivity index (χ2n) is 8.39. The van der Waals surface area contributed by atoms with Crippen LogP contribution in [0.3, 0.4) is 0 Å². The number of nitrogens with one attached hydrogen (secondary N) is 1. The van der Waals surface area contributed by atoms with Crippen LogP contribution in [-0.4, -0.2) is 57.5 Å². The number of hydrogen-bond acceptors (Lipinski definition) is 4. The molecule has 1 aromatic carbocycles. The van der Waals surface area contributed by atoms with E-state index in [0.717, 1.165) is 31.2 Å². The maximum Gasteiger partial charge on any atom is 0.272 e. The summed E-state index contributed by atoms with van der Waals surface area (Å²) >= 11 is 0. The lowest BCUT2D eigenvalue weighted by Gasteiger charge is -2.52. The lowest BCUT2D eigenvalue weighted by molar-refractivity contribution is -0.148. The Hall–Kier alpha value is -2.70. The highest BCUT2D eigenvalue weighted by molar-refractivity contribution is 5.88. The molecule has 146 valence electrons. The lowest BCUT2D eigenvalue weighted by Crippen LogP contribution is -2.61. The number of carbonyl (C=O) groups excluding carboxylic acids is 2. The van der Waals surface area contributed by atoms with Crippen molar-refractivity contribution in [1.82, 2.24) is 20.0 Å². The number of benzene rings is 1. The zero-order valence-corrected chi connectivity index (χ0v) is 15.8. The molecule has 5 rings (SSSR count). The van der Waals surface area contributed by atoms with E-state index in [1.165, 1.54) is 0 Å². The minimum atomic E-state index is -0.235. The van der Waals surface area contributed by atoms with Crippen LogP contribution < -0.4 is 5.56 Å². The third kappa shape index (κ3) is 2.89. The average Bonchev–Trinajstić information content (AvgIpc) is 2.71. The van der Waals surface area contributed by atoms with Crippen molar-refractivity contribution in [3.05, 3.63) is 40.3 Å². The van der Waals surface area contributed by atoms with E-state index >= 15 is 0 Å². The summed E-state index contributed by atoms with van der Waals surface area (Å²) in [7, 11) is 0. The predicted molar refractivity (Wildman–Crippen MR) is 104 cm³/mol. The van der Waals surface area contributed by atoms with Gasteiger partial charge in [0, 0.05) is 37.5 Å². The van der Waals surface area contributed by atoms with Gasteiger partial charge < -0.3 is 9.80 Å². The van der Waals surface area contributed by atoms with Crippen LogP contribution in [0.15, 0.2) is 29.1 Å². The van der Waals surface area contributed by atoms with Crippen LogP contribution in [0.25, 0.3) is 10.8 Å². The van der Waals surface area contributed by atoms with E-state index < -0.39 is 0 Å². The largest absolute Gasteiger partial charge is 0.342 e. The molecule has 3 aliphatic rings. The number of hydrogen-bond donors (Lipinski definition) is 1. The quantitative estimate of drug-likeness (QED) is 0.852. The van der Waals surface area contributed by atoms with Crippen LogP contribution in [0.1, 0.15) is 31.4 Å². The fourth-order valence-electron chi connectivity index (χ4n) is 5.37. The van der Waals surface area contributed by atoms with Gasteiger partial charge in [-0.05, 0) is 37.2 Å². The first kappa shape index (κ1) is 17.4. The summed E-state index contributed by atoms with van der Waals surface area (Å²) in [5.41, 5.74) is 0.381. The molecule has 3 saturated heterocycles. The van der Waals surface area contributed by atoms with E-state index in [-0.39, 0.29) is 23.8 Å². The molecule has 7 heteroatoms. The van der Waals surface area contributed by atoms with Gasteiger partial charge in [0.1, 0.15) is 0 Å². The first-order valence-electron chi connectivity index (χ1n) is 10.1. The molecule has 0 spiro atoms. The number of aromatic amines is 1. The Kier molecular flexibility index (Phi) is 4.18. The Morgan fingerprint density at radius 2 is 1.96 bits per heavy atom. The van der Waals surface area contributed by atoms with Crippen molar-refractivity contribution >= 4 is 22.6 Å². The van der Waals surface area contributed by atoms with Gasteiger partial charge in [-0.25, -0.2) is 5.10 Å². The lowest BCUT2D eigenvalue weighted by atomic mass is 9.76. The van der Waals surface area contributed by atoms with Gasteiger partial charge in [0.15, 0.2) is 0 Å². The summed E-state index contributed by atoms with van der Waals surface area (Å²) in [5, 5.41) is 7.96. The van der Waals surface area contributed by atoms with Gasteiger partial charge in [0.2, 0.25) is 11.8 Å². The number of piperidine rings is 3. The molecule has 1 aromatic heterocycles. The van der Waals surface area contributed by atoms with E-state index in [9.17, 15) is 14.4 Å². The fraction of sp³-hybridized carbons (Fsp3) is 0.524. The third-order valence-corrected chi connectivity index (χ3v) is 6.63. The molecule has 7 nitrogen and oxygen atoms in total. The van der Waals surface area contributed by atoms with Crippen LogP contribution >= 0.6 is 0 Å². The molecular formula is C21H24N4O3. The smallest absolute Gasteiger partial charge is 0.272 e. The standard InChI is InChI=1S/C21H24N4O3/c26-19-7-3-6-18-14-8-13(11-25(18)19)10-24(12-14)20(27)9-17-15-4-1-2-5-16(15)21(28)23-22-17/h1-2,4-5,13-14,18H,3,6-12H2,(H,23,28)/t13-,14+,18+/m1/s1. The molecule has 3 aliphatic heterocycles. The zero-order chi connectivity index (χ0) is 19.3. The SMILES string of the molecule is O=C(Cc1n[nH]c(=O)c2ccccc12)N1C[C@H]2C[C@@H](C1)[C@@H]1CCCC(=O)N1C2. The average molecular weight is 380 g/mol. The predicted octanol–water partition coefficient (Wildman–Crippen LogP) is 1.32. The number of rotatable bonds is 2. The van der Waals surface area contributed by atoms with Gasteiger partial charge in [-0.1, -0.05) is 18.2 Å². The normalized spacial score (nSPS) is 27.0. The van der Waals surface area contributed by atoms with Crippen LogP contribution in [0, 0.1) is 11.8 Å². The van der Waals surface area contributed by atoms with Crippen molar-refractivity contribution in [2.75, 3.05) is 19.6 Å². The molecule has 2 bridgehead atoms. The number of carbonyl (C=O) groups is 2. The van der Waals surface area contributed by atoms with E-state index in [2.05, 4.69) is 15.1 Å². The summed E-state index contributed by atoms with van der Waals surface area (Å²) in [5.74, 6) is 1.08. The van der Waals surface area contributed by atoms with Crippen LogP contribution in [0.2, 0.25) is 0 Å². The molecule has 1 N–H and O–H groups in total. The highest BCUT2D eigenvalue weighted by Gasteiger charge is 2.44. The van der Waals surface area contributed by atoms with E-state index in [1.54, 1.807) is 6.07 Å². The van der Waals surface area contributed by atoms with Crippen molar-refractivity contribution in [2.24, 2.45) is 11.8 Å². The van der Waals surface area contributed by atoms with Gasteiger partial charge in [-0.3, -0.25) is 14.4 Å². The molecule has 2 amide bonds. The number of H-pyrrole nitrogens is 1. The van der Waals surface area contributed by atoms with Crippen LogP contribution in [0.5, 0.6) is 0 Å². The van der Waals surface area contributed by atoms with Crippen molar-refractivity contribution in [3.63, 3.8) is 0 Å². The minimum Gasteiger partial charge on any atom is -0.342 e. The Bertz CT molecular complexity index is 1000. The molecule has 0 radical (unpaired) electrons. The van der Waals surface area contributed by atoms with Crippen molar-refractivity contribution in [1.29, 1.82) is 0 Å². The van der Waals surface area contributed by atoms with Gasteiger partial charge in [-0.2, -0.15) is 5.10 Å². The summed E-state index contributed by atoms with van der Waals surface area (Å²) in [6.45, 7) is 2.20. The van der Waals surface area contributed by atoms with Gasteiger partial charge in [0.25, 0.3) is 5.56 Å². The first-order valence-corrected chi connectivity index (χ1v) is 10.1. The van der Waals surface area contributed by atoms with E-state index in [1.807, 2.05) is 23.1 Å².